The lowest BCUT2D eigenvalue weighted by Gasteiger charge is -2.14. The summed E-state index contributed by atoms with van der Waals surface area (Å²) in [4.78, 5) is 18.6. The van der Waals surface area contributed by atoms with Crippen LogP contribution in [0.15, 0.2) is 29.3 Å². The Morgan fingerprint density at radius 1 is 1.07 bits per heavy atom. The van der Waals surface area contributed by atoms with E-state index in [1.54, 1.807) is 0 Å². The molecule has 1 amide bonds. The first-order valence-electron chi connectivity index (χ1n) is 10.1. The molecular formula is C21H35IN4O. The predicted molar refractivity (Wildman–Crippen MR) is 123 cm³/mol. The number of hydrogen-bond donors (Lipinski definition) is 2. The van der Waals surface area contributed by atoms with Crippen LogP contribution >= 0.6 is 24.0 Å². The Balaban J connectivity index is 0.00000364. The maximum absolute atomic E-state index is 12.3. The van der Waals surface area contributed by atoms with E-state index in [1.807, 2.05) is 17.0 Å². The molecule has 1 aliphatic heterocycles. The van der Waals surface area contributed by atoms with Crippen molar-refractivity contribution in [2.24, 2.45) is 10.7 Å². The van der Waals surface area contributed by atoms with Crippen LogP contribution in [0, 0.1) is 0 Å². The number of fused-ring (bicyclic) bond motifs is 1. The molecule has 1 aromatic carbocycles. The highest BCUT2D eigenvalue weighted by Gasteiger charge is 2.21. The number of benzene rings is 1. The van der Waals surface area contributed by atoms with E-state index in [1.165, 1.54) is 43.2 Å². The number of nitrogens with zero attached hydrogens (tertiary/aromatic N) is 2. The average molecular weight is 486 g/mol. The van der Waals surface area contributed by atoms with Crippen molar-refractivity contribution >= 4 is 35.8 Å². The number of aliphatic imine (C=N–C) groups is 1. The molecule has 27 heavy (non-hydrogen) atoms. The van der Waals surface area contributed by atoms with Gasteiger partial charge >= 0.3 is 0 Å². The number of nitrogens with two attached hydrogens (primary N) is 1. The zero-order chi connectivity index (χ0) is 18.6. The molecule has 0 aliphatic carbocycles. The lowest BCUT2D eigenvalue weighted by Crippen LogP contribution is -2.32. The van der Waals surface area contributed by atoms with Gasteiger partial charge in [-0.1, -0.05) is 63.3 Å². The van der Waals surface area contributed by atoms with Gasteiger partial charge in [0.25, 0.3) is 0 Å². The van der Waals surface area contributed by atoms with Crippen molar-refractivity contribution in [3.8, 4) is 0 Å². The number of guanidine groups is 1. The maximum Gasteiger partial charge on any atom is 0.223 e. The van der Waals surface area contributed by atoms with Gasteiger partial charge in [0, 0.05) is 32.6 Å². The molecule has 0 aromatic heterocycles. The van der Waals surface area contributed by atoms with Crippen LogP contribution in [0.4, 0.5) is 0 Å². The summed E-state index contributed by atoms with van der Waals surface area (Å²) in [5, 5.41) is 3.16. The fraction of sp³-hybridized carbons (Fsp3) is 0.619. The Labute approximate surface area is 181 Å². The second-order valence-corrected chi connectivity index (χ2v) is 7.08. The Morgan fingerprint density at radius 3 is 2.37 bits per heavy atom. The standard InChI is InChI=1S/C21H34N4O.HI/c1-2-3-4-5-6-9-14-23-21(22)24-15-10-13-20(26)25-16-18-11-7-8-12-19(18)17-25;/h7-8,11-12H,2-6,9-10,13-17H2,1H3,(H3,22,23,24);1H. The molecule has 0 saturated carbocycles. The van der Waals surface area contributed by atoms with E-state index >= 15 is 0 Å². The van der Waals surface area contributed by atoms with E-state index in [0.717, 1.165) is 32.5 Å². The minimum atomic E-state index is 0. The zero-order valence-corrected chi connectivity index (χ0v) is 18.9. The van der Waals surface area contributed by atoms with Crippen molar-refractivity contribution in [1.29, 1.82) is 0 Å². The van der Waals surface area contributed by atoms with Crippen molar-refractivity contribution in [3.05, 3.63) is 35.4 Å². The molecule has 1 aliphatic rings. The van der Waals surface area contributed by atoms with Crippen LogP contribution in [0.25, 0.3) is 0 Å². The summed E-state index contributed by atoms with van der Waals surface area (Å²) < 4.78 is 0. The molecule has 152 valence electrons. The summed E-state index contributed by atoms with van der Waals surface area (Å²) in [5.41, 5.74) is 8.41. The maximum atomic E-state index is 12.3. The lowest BCUT2D eigenvalue weighted by molar-refractivity contribution is -0.131. The Kier molecular flexibility index (Phi) is 12.1. The van der Waals surface area contributed by atoms with Gasteiger partial charge in [0.1, 0.15) is 0 Å². The predicted octanol–water partition coefficient (Wildman–Crippen LogP) is 4.19. The molecule has 0 atom stereocenters. The van der Waals surface area contributed by atoms with E-state index in [-0.39, 0.29) is 29.9 Å². The van der Waals surface area contributed by atoms with Gasteiger partial charge in [-0.05, 0) is 24.0 Å². The molecule has 6 heteroatoms. The van der Waals surface area contributed by atoms with Crippen molar-refractivity contribution in [3.63, 3.8) is 0 Å². The van der Waals surface area contributed by atoms with Crippen LogP contribution in [-0.4, -0.2) is 29.9 Å². The first kappa shape index (κ1) is 23.7. The monoisotopic (exact) mass is 486 g/mol. The van der Waals surface area contributed by atoms with Crippen molar-refractivity contribution in [2.75, 3.05) is 13.1 Å². The number of hydrogen-bond acceptors (Lipinski definition) is 2. The van der Waals surface area contributed by atoms with Crippen molar-refractivity contribution in [1.82, 2.24) is 10.2 Å². The van der Waals surface area contributed by atoms with Crippen LogP contribution in [0.3, 0.4) is 0 Å². The summed E-state index contributed by atoms with van der Waals surface area (Å²) in [6, 6.07) is 8.26. The molecule has 0 saturated heterocycles. The van der Waals surface area contributed by atoms with Crippen LogP contribution in [0.2, 0.25) is 0 Å². The molecule has 1 heterocycles. The van der Waals surface area contributed by atoms with Gasteiger partial charge in [0.15, 0.2) is 5.96 Å². The third-order valence-corrected chi connectivity index (χ3v) is 4.86. The van der Waals surface area contributed by atoms with E-state index in [4.69, 9.17) is 5.73 Å². The fourth-order valence-corrected chi connectivity index (χ4v) is 3.28. The number of nitrogens with one attached hydrogen (secondary N) is 1. The molecule has 0 unspecified atom stereocenters. The first-order valence-corrected chi connectivity index (χ1v) is 10.1. The summed E-state index contributed by atoms with van der Waals surface area (Å²) >= 11 is 0. The molecule has 0 radical (unpaired) electrons. The number of carbonyl (C=O) groups is 1. The van der Waals surface area contributed by atoms with Gasteiger partial charge in [-0.15, -0.1) is 24.0 Å². The van der Waals surface area contributed by atoms with Gasteiger partial charge in [0.2, 0.25) is 5.91 Å². The van der Waals surface area contributed by atoms with Crippen LogP contribution < -0.4 is 11.1 Å². The fourth-order valence-electron chi connectivity index (χ4n) is 3.28. The second kappa shape index (κ2) is 13.8. The Morgan fingerprint density at radius 2 is 1.70 bits per heavy atom. The number of halogens is 1. The molecule has 0 spiro atoms. The molecular weight excluding hydrogens is 451 g/mol. The minimum Gasteiger partial charge on any atom is -0.370 e. The van der Waals surface area contributed by atoms with Crippen LogP contribution in [0.5, 0.6) is 0 Å². The largest absolute Gasteiger partial charge is 0.370 e. The summed E-state index contributed by atoms with van der Waals surface area (Å²) in [6.45, 7) is 5.19. The first-order chi connectivity index (χ1) is 12.7. The van der Waals surface area contributed by atoms with Gasteiger partial charge in [-0.2, -0.15) is 0 Å². The smallest absolute Gasteiger partial charge is 0.223 e. The molecule has 5 nitrogen and oxygen atoms in total. The van der Waals surface area contributed by atoms with Crippen molar-refractivity contribution in [2.45, 2.75) is 71.4 Å². The molecule has 1 aromatic rings. The number of amides is 1. The Bertz CT molecular complexity index is 566. The van der Waals surface area contributed by atoms with E-state index in [2.05, 4.69) is 29.4 Å². The topological polar surface area (TPSA) is 70.7 Å². The number of rotatable bonds is 11. The SMILES string of the molecule is CCCCCCCCNC(N)=NCCCC(=O)N1Cc2ccccc2C1.I. The minimum absolute atomic E-state index is 0. The summed E-state index contributed by atoms with van der Waals surface area (Å²) in [5.74, 6) is 0.703. The highest BCUT2D eigenvalue weighted by molar-refractivity contribution is 14.0. The van der Waals surface area contributed by atoms with E-state index < -0.39 is 0 Å². The summed E-state index contributed by atoms with van der Waals surface area (Å²) in [7, 11) is 0. The van der Waals surface area contributed by atoms with Crippen LogP contribution in [0.1, 0.15) is 69.4 Å². The van der Waals surface area contributed by atoms with E-state index in [9.17, 15) is 4.79 Å². The van der Waals surface area contributed by atoms with Crippen LogP contribution in [-0.2, 0) is 17.9 Å². The molecule has 0 fully saturated rings. The normalized spacial score (nSPS) is 13.2. The van der Waals surface area contributed by atoms with Crippen molar-refractivity contribution < 1.29 is 4.79 Å². The quantitative estimate of drug-likeness (QED) is 0.213. The molecule has 2 rings (SSSR count). The summed E-state index contributed by atoms with van der Waals surface area (Å²) in [6.07, 6.45) is 8.89. The van der Waals surface area contributed by atoms with Gasteiger partial charge in [0.05, 0.1) is 0 Å². The lowest BCUT2D eigenvalue weighted by atomic mass is 10.1. The molecule has 3 N–H and O–H groups in total. The highest BCUT2D eigenvalue weighted by Crippen LogP contribution is 2.22. The van der Waals surface area contributed by atoms with Gasteiger partial charge < -0.3 is 16.0 Å². The molecule has 0 bridgehead atoms. The second-order valence-electron chi connectivity index (χ2n) is 7.08. The zero-order valence-electron chi connectivity index (χ0n) is 16.6. The third kappa shape index (κ3) is 8.95. The number of unbranched alkanes of at least 4 members (excludes halogenated alkanes) is 5. The Hall–Kier alpha value is -1.31. The average Bonchev–Trinajstić information content (AvgIpc) is 3.08. The highest BCUT2D eigenvalue weighted by atomic mass is 127. The van der Waals surface area contributed by atoms with E-state index in [0.29, 0.717) is 18.9 Å². The third-order valence-electron chi connectivity index (χ3n) is 4.86. The van der Waals surface area contributed by atoms with Gasteiger partial charge in [-0.25, -0.2) is 0 Å². The number of carbonyl (C=O) groups excluding carboxylic acids is 1. The van der Waals surface area contributed by atoms with Gasteiger partial charge in [-0.3, -0.25) is 9.79 Å².